The van der Waals surface area contributed by atoms with Gasteiger partial charge in [0.2, 0.25) is 0 Å². The molecule has 0 bridgehead atoms. The van der Waals surface area contributed by atoms with Crippen LogP contribution in [-0.2, 0) is 6.54 Å². The highest BCUT2D eigenvalue weighted by molar-refractivity contribution is 5.20. The Morgan fingerprint density at radius 3 is 2.47 bits per heavy atom. The lowest BCUT2D eigenvalue weighted by Gasteiger charge is -2.43. The first-order valence-corrected chi connectivity index (χ1v) is 6.77. The lowest BCUT2D eigenvalue weighted by molar-refractivity contribution is 0.0669. The van der Waals surface area contributed by atoms with E-state index in [1.165, 1.54) is 18.2 Å². The minimum Gasteiger partial charge on any atom is -0.314 e. The zero-order chi connectivity index (χ0) is 14.0. The summed E-state index contributed by atoms with van der Waals surface area (Å²) in [5.41, 5.74) is 0.258. The molecule has 0 aromatic heterocycles. The molecule has 2 nitrogen and oxygen atoms in total. The predicted octanol–water partition coefficient (Wildman–Crippen LogP) is 2.78. The van der Waals surface area contributed by atoms with Crippen molar-refractivity contribution in [3.8, 4) is 0 Å². The largest absolute Gasteiger partial charge is 0.314 e. The minimum absolute atomic E-state index is 0.0785. The van der Waals surface area contributed by atoms with Crippen LogP contribution in [0.2, 0.25) is 0 Å². The third-order valence-electron chi connectivity index (χ3n) is 3.78. The van der Waals surface area contributed by atoms with E-state index in [9.17, 15) is 8.78 Å². The predicted molar refractivity (Wildman–Crippen MR) is 72.9 cm³/mol. The van der Waals surface area contributed by atoms with E-state index in [1.807, 2.05) is 0 Å². The highest BCUT2D eigenvalue weighted by Gasteiger charge is 2.32. The summed E-state index contributed by atoms with van der Waals surface area (Å²) >= 11 is 0. The van der Waals surface area contributed by atoms with Crippen molar-refractivity contribution in [1.82, 2.24) is 10.2 Å². The van der Waals surface area contributed by atoms with E-state index >= 15 is 0 Å². The van der Waals surface area contributed by atoms with Crippen LogP contribution in [0.3, 0.4) is 0 Å². The second-order valence-corrected chi connectivity index (χ2v) is 6.26. The topological polar surface area (TPSA) is 15.3 Å². The van der Waals surface area contributed by atoms with E-state index in [0.717, 1.165) is 19.6 Å². The lowest BCUT2D eigenvalue weighted by Crippen LogP contribution is -2.56. The Labute approximate surface area is 113 Å². The van der Waals surface area contributed by atoms with Gasteiger partial charge in [-0.05, 0) is 17.5 Å². The number of benzene rings is 1. The normalized spacial score (nSPS) is 21.6. The van der Waals surface area contributed by atoms with Crippen LogP contribution in [0.5, 0.6) is 0 Å². The molecule has 2 rings (SSSR count). The van der Waals surface area contributed by atoms with Crippen molar-refractivity contribution in [2.75, 3.05) is 19.6 Å². The van der Waals surface area contributed by atoms with Crippen LogP contribution in [0.4, 0.5) is 8.78 Å². The van der Waals surface area contributed by atoms with Gasteiger partial charge < -0.3 is 5.32 Å². The van der Waals surface area contributed by atoms with E-state index in [0.29, 0.717) is 6.54 Å². The third kappa shape index (κ3) is 3.31. The smallest absolute Gasteiger partial charge is 0.130 e. The van der Waals surface area contributed by atoms with Gasteiger partial charge in [0.1, 0.15) is 11.6 Å². The maximum Gasteiger partial charge on any atom is 0.130 e. The molecule has 0 aliphatic carbocycles. The Balaban J connectivity index is 2.20. The first-order chi connectivity index (χ1) is 8.89. The molecule has 0 saturated carbocycles. The number of hydrogen-bond donors (Lipinski definition) is 1. The summed E-state index contributed by atoms with van der Waals surface area (Å²) in [4.78, 5) is 2.18. The molecule has 1 aliphatic heterocycles. The summed E-state index contributed by atoms with van der Waals surface area (Å²) < 4.78 is 27.5. The van der Waals surface area contributed by atoms with Crippen molar-refractivity contribution < 1.29 is 8.78 Å². The van der Waals surface area contributed by atoms with Crippen molar-refractivity contribution in [2.45, 2.75) is 33.4 Å². The summed E-state index contributed by atoms with van der Waals surface area (Å²) in [5, 5.41) is 3.36. The van der Waals surface area contributed by atoms with E-state index in [-0.39, 0.29) is 17.0 Å². The monoisotopic (exact) mass is 268 g/mol. The van der Waals surface area contributed by atoms with E-state index in [2.05, 4.69) is 31.0 Å². The van der Waals surface area contributed by atoms with Gasteiger partial charge in [-0.3, -0.25) is 4.90 Å². The van der Waals surface area contributed by atoms with Crippen molar-refractivity contribution in [1.29, 1.82) is 0 Å². The van der Waals surface area contributed by atoms with Gasteiger partial charge in [0.05, 0.1) is 0 Å². The minimum atomic E-state index is -0.453. The van der Waals surface area contributed by atoms with Crippen LogP contribution in [0.25, 0.3) is 0 Å². The second-order valence-electron chi connectivity index (χ2n) is 6.26. The summed E-state index contributed by atoms with van der Waals surface area (Å²) in [7, 11) is 0. The Hall–Kier alpha value is -1.00. The Bertz CT molecular complexity index is 420. The quantitative estimate of drug-likeness (QED) is 0.887. The number of halogens is 2. The summed E-state index contributed by atoms with van der Waals surface area (Å²) in [6, 6.07) is 4.34. The average Bonchev–Trinajstić information content (AvgIpc) is 2.33. The summed E-state index contributed by atoms with van der Waals surface area (Å²) in [6.45, 7) is 9.36. The zero-order valence-electron chi connectivity index (χ0n) is 11.8. The number of nitrogens with zero attached hydrogens (tertiary/aromatic N) is 1. The first-order valence-electron chi connectivity index (χ1n) is 6.77. The van der Waals surface area contributed by atoms with E-state index < -0.39 is 11.6 Å². The Morgan fingerprint density at radius 1 is 1.26 bits per heavy atom. The molecule has 1 atom stereocenters. The van der Waals surface area contributed by atoms with Crippen LogP contribution in [0.15, 0.2) is 18.2 Å². The molecule has 0 spiro atoms. The fourth-order valence-electron chi connectivity index (χ4n) is 2.68. The van der Waals surface area contributed by atoms with E-state index in [4.69, 9.17) is 0 Å². The molecular weight excluding hydrogens is 246 g/mol. The molecule has 1 unspecified atom stereocenters. The fraction of sp³-hybridized carbons (Fsp3) is 0.600. The maximum atomic E-state index is 13.7. The van der Waals surface area contributed by atoms with Gasteiger partial charge >= 0.3 is 0 Å². The molecule has 1 aliphatic rings. The van der Waals surface area contributed by atoms with Gasteiger partial charge in [-0.25, -0.2) is 8.78 Å². The van der Waals surface area contributed by atoms with Gasteiger partial charge in [-0.2, -0.15) is 0 Å². The molecule has 0 amide bonds. The van der Waals surface area contributed by atoms with Crippen molar-refractivity contribution in [2.24, 2.45) is 5.41 Å². The molecule has 1 fully saturated rings. The van der Waals surface area contributed by atoms with Gasteiger partial charge in [0.25, 0.3) is 0 Å². The first kappa shape index (κ1) is 14.4. The number of rotatable bonds is 2. The molecule has 1 aromatic rings. The van der Waals surface area contributed by atoms with Crippen molar-refractivity contribution in [3.05, 3.63) is 35.4 Å². The molecule has 1 aromatic carbocycles. The molecule has 1 heterocycles. The van der Waals surface area contributed by atoms with E-state index in [1.54, 1.807) is 0 Å². The molecule has 1 N–H and O–H groups in total. The van der Waals surface area contributed by atoms with Crippen molar-refractivity contribution in [3.63, 3.8) is 0 Å². The second kappa shape index (κ2) is 5.55. The molecule has 19 heavy (non-hydrogen) atoms. The van der Waals surface area contributed by atoms with Crippen molar-refractivity contribution >= 4 is 0 Å². The fourth-order valence-corrected chi connectivity index (χ4v) is 2.68. The van der Waals surface area contributed by atoms with Crippen LogP contribution in [0.1, 0.15) is 26.3 Å². The van der Waals surface area contributed by atoms with Crippen LogP contribution < -0.4 is 5.32 Å². The van der Waals surface area contributed by atoms with Crippen LogP contribution in [-0.4, -0.2) is 30.6 Å². The molecule has 106 valence electrons. The molecule has 4 heteroatoms. The standard InChI is InChI=1S/C15H22F2N2/c1-15(2,3)14-9-18-7-8-19(14)10-11-12(16)5-4-6-13(11)17/h4-6,14,18H,7-10H2,1-3H3. The average molecular weight is 268 g/mol. The summed E-state index contributed by atoms with van der Waals surface area (Å²) in [5.74, 6) is -0.905. The van der Waals surface area contributed by atoms with Gasteiger partial charge in [-0.15, -0.1) is 0 Å². The Morgan fingerprint density at radius 2 is 1.89 bits per heavy atom. The lowest BCUT2D eigenvalue weighted by atomic mass is 9.84. The number of piperazine rings is 1. The highest BCUT2D eigenvalue weighted by atomic mass is 19.1. The van der Waals surface area contributed by atoms with Gasteiger partial charge in [-0.1, -0.05) is 26.8 Å². The Kier molecular flexibility index (Phi) is 4.21. The molecule has 0 radical (unpaired) electrons. The molecule has 1 saturated heterocycles. The maximum absolute atomic E-state index is 13.7. The van der Waals surface area contributed by atoms with Crippen LogP contribution in [0, 0.1) is 17.0 Å². The zero-order valence-corrected chi connectivity index (χ0v) is 11.8. The third-order valence-corrected chi connectivity index (χ3v) is 3.78. The van der Waals surface area contributed by atoms with Gasteiger partial charge in [0.15, 0.2) is 0 Å². The van der Waals surface area contributed by atoms with Gasteiger partial charge in [0, 0.05) is 37.8 Å². The number of nitrogens with one attached hydrogen (secondary N) is 1. The highest BCUT2D eigenvalue weighted by Crippen LogP contribution is 2.27. The number of hydrogen-bond acceptors (Lipinski definition) is 2. The SMILES string of the molecule is CC(C)(C)C1CNCCN1Cc1c(F)cccc1F. The molecular formula is C15H22F2N2. The van der Waals surface area contributed by atoms with Crippen LogP contribution >= 0.6 is 0 Å². The summed E-state index contributed by atoms with van der Waals surface area (Å²) in [6.07, 6.45) is 0.